The number of hydrogen-bond donors (Lipinski definition) is 1. The molecule has 3 rings (SSSR count). The zero-order valence-corrected chi connectivity index (χ0v) is 12.6. The standard InChI is InChI=1S/C17H19NOS/c1-11-10-14(11)16(13-6-4-3-5-7-13)18-17(19)15-9-8-12(2)20-15/h3-9,11,14,16H,10H2,1-2H3,(H,18,19). The van der Waals surface area contributed by atoms with Crippen LogP contribution in [0.3, 0.4) is 0 Å². The fourth-order valence-corrected chi connectivity index (χ4v) is 3.45. The van der Waals surface area contributed by atoms with Crippen molar-refractivity contribution in [3.8, 4) is 0 Å². The summed E-state index contributed by atoms with van der Waals surface area (Å²) in [7, 11) is 0. The zero-order chi connectivity index (χ0) is 14.1. The lowest BCUT2D eigenvalue weighted by Gasteiger charge is -2.19. The van der Waals surface area contributed by atoms with E-state index in [9.17, 15) is 4.79 Å². The van der Waals surface area contributed by atoms with Crippen molar-refractivity contribution < 1.29 is 4.79 Å². The smallest absolute Gasteiger partial charge is 0.261 e. The van der Waals surface area contributed by atoms with E-state index in [0.717, 1.165) is 4.88 Å². The van der Waals surface area contributed by atoms with Crippen LogP contribution in [0.1, 0.15) is 39.5 Å². The number of aryl methyl sites for hydroxylation is 1. The van der Waals surface area contributed by atoms with Gasteiger partial charge < -0.3 is 5.32 Å². The molecule has 20 heavy (non-hydrogen) atoms. The molecule has 1 aliphatic carbocycles. The molecule has 0 spiro atoms. The van der Waals surface area contributed by atoms with Gasteiger partial charge in [-0.3, -0.25) is 4.79 Å². The molecule has 1 fully saturated rings. The summed E-state index contributed by atoms with van der Waals surface area (Å²) in [6.45, 7) is 4.28. The summed E-state index contributed by atoms with van der Waals surface area (Å²) in [4.78, 5) is 14.4. The Morgan fingerprint density at radius 1 is 1.25 bits per heavy atom. The average Bonchev–Trinajstić information content (AvgIpc) is 3.00. The molecule has 1 aromatic carbocycles. The van der Waals surface area contributed by atoms with Gasteiger partial charge in [0.05, 0.1) is 10.9 Å². The van der Waals surface area contributed by atoms with Crippen molar-refractivity contribution in [3.05, 3.63) is 57.8 Å². The van der Waals surface area contributed by atoms with Crippen molar-refractivity contribution in [2.24, 2.45) is 11.8 Å². The minimum absolute atomic E-state index is 0.0519. The first-order chi connectivity index (χ1) is 9.65. The van der Waals surface area contributed by atoms with Crippen LogP contribution in [0, 0.1) is 18.8 Å². The van der Waals surface area contributed by atoms with E-state index in [0.29, 0.717) is 11.8 Å². The molecule has 1 aliphatic rings. The van der Waals surface area contributed by atoms with Crippen molar-refractivity contribution >= 4 is 17.2 Å². The molecule has 1 amide bonds. The van der Waals surface area contributed by atoms with Crippen LogP contribution in [0.15, 0.2) is 42.5 Å². The second kappa shape index (κ2) is 5.41. The summed E-state index contributed by atoms with van der Waals surface area (Å²) in [6, 6.07) is 14.4. The normalized spacial score (nSPS) is 22.3. The van der Waals surface area contributed by atoms with Crippen LogP contribution in [0.2, 0.25) is 0 Å². The Balaban J connectivity index is 1.79. The topological polar surface area (TPSA) is 29.1 Å². The fourth-order valence-electron chi connectivity index (χ4n) is 2.68. The van der Waals surface area contributed by atoms with Crippen molar-refractivity contribution in [3.63, 3.8) is 0 Å². The minimum atomic E-state index is 0.0519. The molecule has 0 radical (unpaired) electrons. The first-order valence-corrected chi connectivity index (χ1v) is 7.89. The largest absolute Gasteiger partial charge is 0.344 e. The molecule has 2 aromatic rings. The maximum absolute atomic E-state index is 12.4. The second-order valence-electron chi connectivity index (χ2n) is 5.65. The third-order valence-electron chi connectivity index (χ3n) is 4.01. The molecule has 1 aromatic heterocycles. The first-order valence-electron chi connectivity index (χ1n) is 7.07. The van der Waals surface area contributed by atoms with Crippen LogP contribution in [0.25, 0.3) is 0 Å². The predicted octanol–water partition coefficient (Wildman–Crippen LogP) is 4.18. The van der Waals surface area contributed by atoms with Gasteiger partial charge in [-0.05, 0) is 42.9 Å². The maximum Gasteiger partial charge on any atom is 0.261 e. The van der Waals surface area contributed by atoms with Crippen LogP contribution in [0.4, 0.5) is 0 Å². The van der Waals surface area contributed by atoms with Crippen LogP contribution in [0.5, 0.6) is 0 Å². The number of carbonyl (C=O) groups excluding carboxylic acids is 1. The number of amides is 1. The molecule has 0 saturated heterocycles. The molecule has 3 heteroatoms. The molecule has 104 valence electrons. The summed E-state index contributed by atoms with van der Waals surface area (Å²) in [5, 5.41) is 3.23. The van der Waals surface area contributed by atoms with E-state index in [1.807, 2.05) is 37.3 Å². The van der Waals surface area contributed by atoms with Gasteiger partial charge in [0.15, 0.2) is 0 Å². The van der Waals surface area contributed by atoms with Crippen LogP contribution in [-0.4, -0.2) is 5.91 Å². The van der Waals surface area contributed by atoms with E-state index in [2.05, 4.69) is 24.4 Å². The third-order valence-corrected chi connectivity index (χ3v) is 5.01. The molecular weight excluding hydrogens is 266 g/mol. The first kappa shape index (κ1) is 13.4. The summed E-state index contributed by atoms with van der Waals surface area (Å²) in [6.07, 6.45) is 1.20. The van der Waals surface area contributed by atoms with Crippen LogP contribution < -0.4 is 5.32 Å². The lowest BCUT2D eigenvalue weighted by molar-refractivity contribution is 0.0935. The lowest BCUT2D eigenvalue weighted by atomic mass is 10.0. The van der Waals surface area contributed by atoms with Crippen LogP contribution >= 0.6 is 11.3 Å². The number of nitrogens with one attached hydrogen (secondary N) is 1. The molecule has 1 saturated carbocycles. The van der Waals surface area contributed by atoms with Gasteiger partial charge in [-0.1, -0.05) is 37.3 Å². The van der Waals surface area contributed by atoms with E-state index >= 15 is 0 Å². The van der Waals surface area contributed by atoms with Crippen LogP contribution in [-0.2, 0) is 0 Å². The van der Waals surface area contributed by atoms with Crippen molar-refractivity contribution in [1.29, 1.82) is 0 Å². The average molecular weight is 285 g/mol. The summed E-state index contributed by atoms with van der Waals surface area (Å²) >= 11 is 1.55. The Kier molecular flexibility index (Phi) is 3.62. The Hall–Kier alpha value is -1.61. The highest BCUT2D eigenvalue weighted by Gasteiger charge is 2.41. The highest BCUT2D eigenvalue weighted by Crippen LogP contribution is 2.47. The fraction of sp³-hybridized carbons (Fsp3) is 0.353. The van der Waals surface area contributed by atoms with Gasteiger partial charge >= 0.3 is 0 Å². The van der Waals surface area contributed by atoms with E-state index in [1.54, 1.807) is 11.3 Å². The molecule has 3 unspecified atom stereocenters. The molecule has 1 N–H and O–H groups in total. The maximum atomic E-state index is 12.4. The van der Waals surface area contributed by atoms with E-state index in [4.69, 9.17) is 0 Å². The Morgan fingerprint density at radius 3 is 2.50 bits per heavy atom. The molecule has 1 heterocycles. The number of benzene rings is 1. The summed E-state index contributed by atoms with van der Waals surface area (Å²) in [5.41, 5.74) is 1.21. The van der Waals surface area contributed by atoms with Crippen molar-refractivity contribution in [2.75, 3.05) is 0 Å². The van der Waals surface area contributed by atoms with Gasteiger partial charge in [0.2, 0.25) is 0 Å². The van der Waals surface area contributed by atoms with Gasteiger partial charge in [0.25, 0.3) is 5.91 Å². The second-order valence-corrected chi connectivity index (χ2v) is 6.94. The van der Waals surface area contributed by atoms with Gasteiger partial charge in [-0.15, -0.1) is 11.3 Å². The van der Waals surface area contributed by atoms with Crippen molar-refractivity contribution in [1.82, 2.24) is 5.32 Å². The highest BCUT2D eigenvalue weighted by molar-refractivity contribution is 7.13. The van der Waals surface area contributed by atoms with Gasteiger partial charge in [-0.2, -0.15) is 0 Å². The quantitative estimate of drug-likeness (QED) is 0.897. The predicted molar refractivity (Wildman–Crippen MR) is 83.0 cm³/mol. The Morgan fingerprint density at radius 2 is 1.95 bits per heavy atom. The van der Waals surface area contributed by atoms with E-state index in [-0.39, 0.29) is 11.9 Å². The Bertz CT molecular complexity index is 604. The zero-order valence-electron chi connectivity index (χ0n) is 11.8. The van der Waals surface area contributed by atoms with E-state index < -0.39 is 0 Å². The molecule has 0 bridgehead atoms. The van der Waals surface area contributed by atoms with Gasteiger partial charge in [0.1, 0.15) is 0 Å². The highest BCUT2D eigenvalue weighted by atomic mass is 32.1. The third kappa shape index (κ3) is 2.78. The number of rotatable bonds is 4. The lowest BCUT2D eigenvalue weighted by Crippen LogP contribution is -2.29. The van der Waals surface area contributed by atoms with Gasteiger partial charge in [-0.25, -0.2) is 0 Å². The summed E-state index contributed by atoms with van der Waals surface area (Å²) in [5.74, 6) is 1.32. The number of thiophene rings is 1. The number of carbonyl (C=O) groups is 1. The number of hydrogen-bond acceptors (Lipinski definition) is 2. The van der Waals surface area contributed by atoms with Gasteiger partial charge in [0, 0.05) is 4.88 Å². The van der Waals surface area contributed by atoms with E-state index in [1.165, 1.54) is 16.9 Å². The van der Waals surface area contributed by atoms with Crippen molar-refractivity contribution in [2.45, 2.75) is 26.3 Å². The minimum Gasteiger partial charge on any atom is -0.344 e. The molecule has 2 nitrogen and oxygen atoms in total. The molecule has 0 aliphatic heterocycles. The monoisotopic (exact) mass is 285 g/mol. The molecular formula is C17H19NOS. The summed E-state index contributed by atoms with van der Waals surface area (Å²) < 4.78 is 0. The SMILES string of the molecule is Cc1ccc(C(=O)NC(c2ccccc2)C2CC2C)s1. The molecule has 3 atom stereocenters. The Labute approximate surface area is 123 Å².